The van der Waals surface area contributed by atoms with Crippen LogP contribution >= 0.6 is 11.8 Å². The zero-order chi connectivity index (χ0) is 19.3. The molecule has 26 heavy (non-hydrogen) atoms. The number of ether oxygens (including phenoxy) is 1. The Morgan fingerprint density at radius 3 is 2.46 bits per heavy atom. The Bertz CT molecular complexity index is 775. The van der Waals surface area contributed by atoms with Crippen LogP contribution in [0.3, 0.4) is 0 Å². The molecule has 140 valence electrons. The average molecular weight is 377 g/mol. The normalized spacial score (nSPS) is 10.7. The summed E-state index contributed by atoms with van der Waals surface area (Å²) >= 11 is 1.50. The van der Waals surface area contributed by atoms with Crippen molar-refractivity contribution in [3.63, 3.8) is 0 Å². The van der Waals surface area contributed by atoms with E-state index in [1.165, 1.54) is 24.9 Å². The number of amides is 1. The topological polar surface area (TPSA) is 55.3 Å². The molecule has 1 amide bonds. The molecule has 1 aromatic heterocycles. The number of methoxy groups -OCH3 is 1. The third kappa shape index (κ3) is 4.94. The molecule has 2 aromatic rings. The Morgan fingerprint density at radius 2 is 1.92 bits per heavy atom. The van der Waals surface area contributed by atoms with Crippen molar-refractivity contribution in [2.75, 3.05) is 20.4 Å². The summed E-state index contributed by atoms with van der Waals surface area (Å²) in [5.74, 6) is -0.237. The van der Waals surface area contributed by atoms with Crippen molar-refractivity contribution in [2.24, 2.45) is 0 Å². The average Bonchev–Trinajstić information content (AvgIpc) is 2.60. The molecule has 7 heteroatoms. The van der Waals surface area contributed by atoms with Gasteiger partial charge in [-0.05, 0) is 49.8 Å². The number of carbonyl (C=O) groups excluding carboxylic acids is 1. The Balaban J connectivity index is 1.98. The lowest BCUT2D eigenvalue weighted by molar-refractivity contribution is -0.130. The molecule has 0 aliphatic heterocycles. The minimum atomic E-state index is -0.428. The largest absolute Gasteiger partial charge is 0.494 e. The number of hydrogen-bond donors (Lipinski definition) is 0. The molecular weight excluding hydrogens is 353 g/mol. The molecule has 0 saturated carbocycles. The van der Waals surface area contributed by atoms with Crippen LogP contribution in [0, 0.1) is 19.7 Å². The van der Waals surface area contributed by atoms with Gasteiger partial charge in [-0.25, -0.2) is 14.4 Å². The number of halogens is 1. The summed E-state index contributed by atoms with van der Waals surface area (Å²) < 4.78 is 18.7. The predicted octanol–water partition coefficient (Wildman–Crippen LogP) is 3.55. The van der Waals surface area contributed by atoms with Crippen molar-refractivity contribution < 1.29 is 13.9 Å². The quantitative estimate of drug-likeness (QED) is 0.546. The smallest absolute Gasteiger partial charge is 0.222 e. The van der Waals surface area contributed by atoms with E-state index in [2.05, 4.69) is 9.97 Å². The summed E-state index contributed by atoms with van der Waals surface area (Å²) in [6.07, 6.45) is 2.89. The van der Waals surface area contributed by atoms with Gasteiger partial charge in [-0.2, -0.15) is 0 Å². The lowest BCUT2D eigenvalue weighted by Crippen LogP contribution is -2.26. The molecular formula is C19H24FN3O2S. The van der Waals surface area contributed by atoms with Gasteiger partial charge in [0.15, 0.2) is 16.7 Å². The van der Waals surface area contributed by atoms with Gasteiger partial charge in [-0.1, -0.05) is 17.8 Å². The first-order chi connectivity index (χ1) is 12.3. The molecule has 0 unspecified atom stereocenters. The molecule has 0 aliphatic carbocycles. The first-order valence-electron chi connectivity index (χ1n) is 8.30. The van der Waals surface area contributed by atoms with Gasteiger partial charge in [0.2, 0.25) is 5.91 Å². The molecule has 0 aliphatic rings. The highest BCUT2D eigenvalue weighted by Gasteiger charge is 2.14. The summed E-state index contributed by atoms with van der Waals surface area (Å²) in [6, 6.07) is 4.72. The van der Waals surface area contributed by atoms with Crippen molar-refractivity contribution in [2.45, 2.75) is 38.4 Å². The van der Waals surface area contributed by atoms with Crippen LogP contribution in [0.15, 0.2) is 23.4 Å². The first kappa shape index (κ1) is 20.2. The second kappa shape index (κ2) is 8.98. The van der Waals surface area contributed by atoms with Crippen molar-refractivity contribution >= 4 is 17.7 Å². The van der Waals surface area contributed by atoms with Crippen molar-refractivity contribution in [1.82, 2.24) is 14.9 Å². The van der Waals surface area contributed by atoms with Crippen molar-refractivity contribution in [3.8, 4) is 5.75 Å². The fourth-order valence-electron chi connectivity index (χ4n) is 2.75. The maximum Gasteiger partial charge on any atom is 0.222 e. The summed E-state index contributed by atoms with van der Waals surface area (Å²) in [5, 5.41) is 0.744. The molecule has 5 nitrogen and oxygen atoms in total. The van der Waals surface area contributed by atoms with Crippen LogP contribution in [0.5, 0.6) is 5.75 Å². The number of carbonyl (C=O) groups is 1. The summed E-state index contributed by atoms with van der Waals surface area (Å²) in [7, 11) is 3.14. The van der Waals surface area contributed by atoms with Gasteiger partial charge in [-0.3, -0.25) is 4.79 Å². The second-order valence-electron chi connectivity index (χ2n) is 6.08. The highest BCUT2D eigenvalue weighted by molar-refractivity contribution is 7.98. The molecule has 0 N–H and O–H groups in total. The number of rotatable bonds is 7. The van der Waals surface area contributed by atoms with Gasteiger partial charge in [0.1, 0.15) is 0 Å². The van der Waals surface area contributed by atoms with Crippen molar-refractivity contribution in [1.29, 1.82) is 0 Å². The molecule has 0 bridgehead atoms. The van der Waals surface area contributed by atoms with E-state index in [-0.39, 0.29) is 11.7 Å². The number of benzene rings is 1. The number of hydrogen-bond acceptors (Lipinski definition) is 5. The van der Waals surface area contributed by atoms with Gasteiger partial charge in [0.05, 0.1) is 7.11 Å². The summed E-state index contributed by atoms with van der Waals surface area (Å²) in [6.45, 7) is 4.23. The van der Waals surface area contributed by atoms with Crippen LogP contribution in [0.2, 0.25) is 0 Å². The lowest BCUT2D eigenvalue weighted by Gasteiger charge is -2.18. The van der Waals surface area contributed by atoms with Crippen LogP contribution in [0.25, 0.3) is 0 Å². The zero-order valence-corrected chi connectivity index (χ0v) is 16.6. The Hall–Kier alpha value is -2.15. The number of nitrogens with zero attached hydrogens (tertiary/aromatic N) is 3. The monoisotopic (exact) mass is 377 g/mol. The highest BCUT2D eigenvalue weighted by Crippen LogP contribution is 2.20. The van der Waals surface area contributed by atoms with E-state index in [1.54, 1.807) is 24.1 Å². The Labute approximate surface area is 158 Å². The molecule has 1 aromatic carbocycles. The van der Waals surface area contributed by atoms with Crippen LogP contribution < -0.4 is 4.74 Å². The van der Waals surface area contributed by atoms with E-state index < -0.39 is 5.82 Å². The van der Waals surface area contributed by atoms with Crippen LogP contribution in [0.1, 0.15) is 28.9 Å². The zero-order valence-electron chi connectivity index (χ0n) is 15.8. The third-order valence-corrected chi connectivity index (χ3v) is 4.78. The van der Waals surface area contributed by atoms with Gasteiger partial charge >= 0.3 is 0 Å². The molecule has 1 heterocycles. The molecule has 0 atom stereocenters. The minimum absolute atomic E-state index is 0.00558. The highest BCUT2D eigenvalue weighted by atomic mass is 32.2. The Morgan fingerprint density at radius 1 is 1.27 bits per heavy atom. The van der Waals surface area contributed by atoms with Crippen LogP contribution in [-0.4, -0.2) is 41.2 Å². The first-order valence-corrected chi connectivity index (χ1v) is 9.52. The Kier molecular flexibility index (Phi) is 6.97. The van der Waals surface area contributed by atoms with Gasteiger partial charge in [-0.15, -0.1) is 0 Å². The summed E-state index contributed by atoms with van der Waals surface area (Å²) in [4.78, 5) is 22.9. The SMILES string of the molecule is COc1ccc(CN(C)C(=O)CCc2c(C)nc(SC)nc2C)cc1F. The molecule has 0 radical (unpaired) electrons. The van der Waals surface area contributed by atoms with Gasteiger partial charge < -0.3 is 9.64 Å². The molecule has 2 rings (SSSR count). The van der Waals surface area contributed by atoms with Gasteiger partial charge in [0, 0.05) is 31.4 Å². The fourth-order valence-corrected chi connectivity index (χ4v) is 3.21. The standard InChI is InChI=1S/C19H24FN3O2S/c1-12-15(13(2)22-19(21-12)26-5)7-9-18(24)23(3)11-14-6-8-17(25-4)16(20)10-14/h6,8,10H,7,9,11H2,1-5H3. The van der Waals surface area contributed by atoms with E-state index in [0.29, 0.717) is 19.4 Å². The fraction of sp³-hybridized carbons (Fsp3) is 0.421. The number of thioether (sulfide) groups is 1. The second-order valence-corrected chi connectivity index (χ2v) is 6.85. The minimum Gasteiger partial charge on any atom is -0.494 e. The third-order valence-electron chi connectivity index (χ3n) is 4.23. The van der Waals surface area contributed by atoms with Crippen LogP contribution in [-0.2, 0) is 17.8 Å². The van der Waals surface area contributed by atoms with Gasteiger partial charge in [0.25, 0.3) is 0 Å². The van der Waals surface area contributed by atoms with E-state index in [9.17, 15) is 9.18 Å². The van der Waals surface area contributed by atoms with E-state index in [4.69, 9.17) is 4.74 Å². The van der Waals surface area contributed by atoms with E-state index in [0.717, 1.165) is 27.7 Å². The predicted molar refractivity (Wildman–Crippen MR) is 101 cm³/mol. The number of aryl methyl sites for hydroxylation is 2. The van der Waals surface area contributed by atoms with E-state index in [1.807, 2.05) is 20.1 Å². The molecule has 0 spiro atoms. The molecule has 0 fully saturated rings. The maximum absolute atomic E-state index is 13.8. The molecule has 0 saturated heterocycles. The van der Waals surface area contributed by atoms with E-state index >= 15 is 0 Å². The lowest BCUT2D eigenvalue weighted by atomic mass is 10.1. The van der Waals surface area contributed by atoms with Crippen LogP contribution in [0.4, 0.5) is 4.39 Å². The summed E-state index contributed by atoms with van der Waals surface area (Å²) in [5.41, 5.74) is 3.56. The number of aromatic nitrogens is 2. The maximum atomic E-state index is 13.8. The van der Waals surface area contributed by atoms with Crippen molar-refractivity contribution in [3.05, 3.63) is 46.5 Å².